The predicted octanol–water partition coefficient (Wildman–Crippen LogP) is 2.72. The highest BCUT2D eigenvalue weighted by Crippen LogP contribution is 2.29. The van der Waals surface area contributed by atoms with E-state index in [-0.39, 0.29) is 5.91 Å². The monoisotopic (exact) mass is 467 g/mol. The minimum Gasteiger partial charge on any atom is -0.457 e. The number of H-pyrrole nitrogens is 1. The highest BCUT2D eigenvalue weighted by molar-refractivity contribution is 7.92. The number of fused-ring (bicyclic) bond motifs is 1. The first-order chi connectivity index (χ1) is 15.7. The van der Waals surface area contributed by atoms with Crippen LogP contribution in [-0.2, 0) is 21.2 Å². The Morgan fingerprint density at radius 2 is 2.03 bits per heavy atom. The third kappa shape index (κ3) is 5.27. The lowest BCUT2D eigenvalue weighted by molar-refractivity contribution is -0.132. The summed E-state index contributed by atoms with van der Waals surface area (Å²) in [4.78, 5) is 17.5. The van der Waals surface area contributed by atoms with E-state index < -0.39 is 22.1 Å². The maximum absolute atomic E-state index is 12.8. The Morgan fingerprint density at radius 3 is 2.73 bits per heavy atom. The van der Waals surface area contributed by atoms with Crippen LogP contribution in [-0.4, -0.2) is 49.1 Å². The summed E-state index contributed by atoms with van der Waals surface area (Å²) in [5, 5.41) is 10.1. The number of anilines is 1. The van der Waals surface area contributed by atoms with Crippen LogP contribution in [0.1, 0.15) is 18.4 Å². The SMILES string of the molecule is CS(=O)(=O)Nc1ccc(Oc2ccc3[nH]cc(C[C@H](N)C(=O)N4CCC[C@H]4C#N)c3c2)cc1. The van der Waals surface area contributed by atoms with Gasteiger partial charge in [-0.1, -0.05) is 0 Å². The maximum Gasteiger partial charge on any atom is 0.240 e. The van der Waals surface area contributed by atoms with Crippen molar-refractivity contribution in [3.8, 4) is 17.6 Å². The summed E-state index contributed by atoms with van der Waals surface area (Å²) in [6.45, 7) is 0.565. The topological polar surface area (TPSA) is 141 Å². The smallest absolute Gasteiger partial charge is 0.240 e. The van der Waals surface area contributed by atoms with Crippen LogP contribution in [0.2, 0.25) is 0 Å². The molecule has 0 unspecified atom stereocenters. The normalized spacial score (nSPS) is 17.0. The van der Waals surface area contributed by atoms with Gasteiger partial charge >= 0.3 is 0 Å². The minimum absolute atomic E-state index is 0.205. The molecule has 2 aromatic carbocycles. The zero-order chi connectivity index (χ0) is 23.6. The van der Waals surface area contributed by atoms with Crippen LogP contribution in [0, 0.1) is 11.3 Å². The van der Waals surface area contributed by atoms with Gasteiger partial charge in [0.25, 0.3) is 0 Å². The fraction of sp³-hybridized carbons (Fsp3) is 0.304. The standard InChI is InChI=1S/C23H25N5O4S/c1-33(30,31)27-16-4-6-18(7-5-16)32-19-8-9-22-20(12-19)15(14-26-22)11-21(25)23(29)28-10-2-3-17(28)13-24/h4-9,12,14,17,21,26-27H,2-3,10-11,25H2,1H3/t17-,21-/m0/s1. The number of carbonyl (C=O) groups excluding carboxylic acids is 1. The molecule has 1 saturated heterocycles. The van der Waals surface area contributed by atoms with Crippen molar-refractivity contribution < 1.29 is 17.9 Å². The summed E-state index contributed by atoms with van der Waals surface area (Å²) in [5.74, 6) is 0.939. The molecule has 2 atom stereocenters. The largest absolute Gasteiger partial charge is 0.457 e. The molecular weight excluding hydrogens is 442 g/mol. The quantitative estimate of drug-likeness (QED) is 0.488. The van der Waals surface area contributed by atoms with E-state index in [1.165, 1.54) is 0 Å². The fourth-order valence-electron chi connectivity index (χ4n) is 4.03. The van der Waals surface area contributed by atoms with Crippen LogP contribution in [0.3, 0.4) is 0 Å². The van der Waals surface area contributed by atoms with Gasteiger partial charge in [0.1, 0.15) is 17.5 Å². The summed E-state index contributed by atoms with van der Waals surface area (Å²) in [5.41, 5.74) is 8.44. The molecule has 1 aromatic heterocycles. The predicted molar refractivity (Wildman–Crippen MR) is 125 cm³/mol. The van der Waals surface area contributed by atoms with E-state index in [0.717, 1.165) is 29.1 Å². The molecule has 1 aliphatic heterocycles. The van der Waals surface area contributed by atoms with Crippen LogP contribution in [0.5, 0.6) is 11.5 Å². The van der Waals surface area contributed by atoms with Crippen LogP contribution in [0.15, 0.2) is 48.7 Å². The third-order valence-corrected chi connectivity index (χ3v) is 6.18. The van der Waals surface area contributed by atoms with Crippen LogP contribution in [0.25, 0.3) is 10.9 Å². The Bertz CT molecular complexity index is 1310. The Kier molecular flexibility index (Phi) is 6.26. The fourth-order valence-corrected chi connectivity index (χ4v) is 4.60. The van der Waals surface area contributed by atoms with E-state index >= 15 is 0 Å². The van der Waals surface area contributed by atoms with E-state index in [9.17, 15) is 18.5 Å². The third-order valence-electron chi connectivity index (χ3n) is 5.57. The number of likely N-dealkylation sites (tertiary alicyclic amines) is 1. The van der Waals surface area contributed by atoms with Crippen molar-refractivity contribution in [3.63, 3.8) is 0 Å². The molecule has 1 aliphatic rings. The molecule has 172 valence electrons. The Labute approximate surface area is 192 Å². The molecule has 0 radical (unpaired) electrons. The number of sulfonamides is 1. The number of hydrogen-bond acceptors (Lipinski definition) is 6. The maximum atomic E-state index is 12.8. The molecule has 10 heteroatoms. The molecule has 0 spiro atoms. The highest BCUT2D eigenvalue weighted by atomic mass is 32.2. The summed E-state index contributed by atoms with van der Waals surface area (Å²) < 4.78 is 31.0. The number of amides is 1. The lowest BCUT2D eigenvalue weighted by Gasteiger charge is -2.23. The molecule has 4 N–H and O–H groups in total. The van der Waals surface area contributed by atoms with Crippen LogP contribution in [0.4, 0.5) is 5.69 Å². The average Bonchev–Trinajstić information content (AvgIpc) is 3.40. The minimum atomic E-state index is -3.35. The van der Waals surface area contributed by atoms with Gasteiger partial charge in [0.15, 0.2) is 0 Å². The van der Waals surface area contributed by atoms with Gasteiger partial charge in [0, 0.05) is 29.3 Å². The number of hydrogen-bond donors (Lipinski definition) is 3. The molecule has 9 nitrogen and oxygen atoms in total. The number of nitrogens with one attached hydrogen (secondary N) is 2. The Hall–Kier alpha value is -3.55. The van der Waals surface area contributed by atoms with Crippen LogP contribution >= 0.6 is 0 Å². The molecule has 2 heterocycles. The molecule has 1 fully saturated rings. The van der Waals surface area contributed by atoms with Crippen molar-refractivity contribution in [2.75, 3.05) is 17.5 Å². The van der Waals surface area contributed by atoms with Gasteiger partial charge in [0.2, 0.25) is 15.9 Å². The summed E-state index contributed by atoms with van der Waals surface area (Å²) in [6.07, 6.45) is 4.76. The lowest BCUT2D eigenvalue weighted by atomic mass is 10.0. The van der Waals surface area contributed by atoms with Gasteiger partial charge < -0.3 is 20.4 Å². The number of nitrogens with two attached hydrogens (primary N) is 1. The first kappa shape index (κ1) is 22.6. The zero-order valence-corrected chi connectivity index (χ0v) is 18.9. The second-order valence-electron chi connectivity index (χ2n) is 8.15. The van der Waals surface area contributed by atoms with Gasteiger partial charge in [-0.2, -0.15) is 5.26 Å². The zero-order valence-electron chi connectivity index (χ0n) is 18.1. The van der Waals surface area contributed by atoms with Crippen molar-refractivity contribution in [1.29, 1.82) is 5.26 Å². The van der Waals surface area contributed by atoms with Crippen molar-refractivity contribution >= 4 is 32.5 Å². The number of rotatable bonds is 7. The summed E-state index contributed by atoms with van der Waals surface area (Å²) in [7, 11) is -3.35. The Morgan fingerprint density at radius 1 is 1.30 bits per heavy atom. The summed E-state index contributed by atoms with van der Waals surface area (Å²) in [6, 6.07) is 13.2. The number of aromatic amines is 1. The Balaban J connectivity index is 1.48. The number of ether oxygens (including phenoxy) is 1. The highest BCUT2D eigenvalue weighted by Gasteiger charge is 2.31. The van der Waals surface area contributed by atoms with E-state index in [2.05, 4.69) is 15.8 Å². The molecule has 4 rings (SSSR count). The van der Waals surface area contributed by atoms with Gasteiger partial charge in [-0.15, -0.1) is 0 Å². The van der Waals surface area contributed by atoms with Crippen molar-refractivity contribution in [2.24, 2.45) is 5.73 Å². The van der Waals surface area contributed by atoms with Crippen molar-refractivity contribution in [3.05, 3.63) is 54.2 Å². The molecule has 0 saturated carbocycles. The van der Waals surface area contributed by atoms with E-state index in [0.29, 0.717) is 36.6 Å². The average molecular weight is 468 g/mol. The second-order valence-corrected chi connectivity index (χ2v) is 9.90. The summed E-state index contributed by atoms with van der Waals surface area (Å²) >= 11 is 0. The van der Waals surface area contributed by atoms with Crippen LogP contribution < -0.4 is 15.2 Å². The van der Waals surface area contributed by atoms with Gasteiger partial charge in [0.05, 0.1) is 18.4 Å². The first-order valence-corrected chi connectivity index (χ1v) is 12.4. The lowest BCUT2D eigenvalue weighted by Crippen LogP contribution is -2.46. The van der Waals surface area contributed by atoms with E-state index in [4.69, 9.17) is 10.5 Å². The molecule has 33 heavy (non-hydrogen) atoms. The first-order valence-electron chi connectivity index (χ1n) is 10.5. The van der Waals surface area contributed by atoms with Gasteiger partial charge in [-0.25, -0.2) is 8.42 Å². The van der Waals surface area contributed by atoms with E-state index in [1.807, 2.05) is 24.4 Å². The van der Waals surface area contributed by atoms with Crippen molar-refractivity contribution in [1.82, 2.24) is 9.88 Å². The number of aromatic nitrogens is 1. The molecular formula is C23H25N5O4S. The second kappa shape index (κ2) is 9.13. The molecule has 3 aromatic rings. The molecule has 0 aliphatic carbocycles. The molecule has 0 bridgehead atoms. The number of nitrogens with zero attached hydrogens (tertiary/aromatic N) is 2. The van der Waals surface area contributed by atoms with Gasteiger partial charge in [-0.05, 0) is 67.3 Å². The number of benzene rings is 2. The van der Waals surface area contributed by atoms with Crippen molar-refractivity contribution in [2.45, 2.75) is 31.3 Å². The number of carbonyl (C=O) groups is 1. The number of nitriles is 1. The molecule has 1 amide bonds. The van der Waals surface area contributed by atoms with Gasteiger partial charge in [-0.3, -0.25) is 9.52 Å². The van der Waals surface area contributed by atoms with E-state index in [1.54, 1.807) is 29.2 Å².